The molecule has 0 fully saturated rings. The number of nitrogens with one attached hydrogen (secondary N) is 2. The van der Waals surface area contributed by atoms with Crippen LogP contribution in [-0.2, 0) is 4.79 Å². The molecule has 7 nitrogen and oxygen atoms in total. The van der Waals surface area contributed by atoms with E-state index in [1.807, 2.05) is 32.1 Å². The first-order valence-electron chi connectivity index (χ1n) is 9.29. The lowest BCUT2D eigenvalue weighted by molar-refractivity contribution is -0.123. The lowest BCUT2D eigenvalue weighted by Crippen LogP contribution is -2.30. The Balaban J connectivity index is 1.88. The number of pyridine rings is 1. The fraction of sp³-hybridized carbons (Fsp3) is 0.333. The maximum atomic E-state index is 12.2. The third kappa shape index (κ3) is 5.12. The summed E-state index contributed by atoms with van der Waals surface area (Å²) in [7, 11) is 1.54. The number of aromatic nitrogens is 3. The van der Waals surface area contributed by atoms with E-state index in [0.717, 1.165) is 5.57 Å². The minimum atomic E-state index is -0.369. The molecule has 2 unspecified atom stereocenters. The molecule has 29 heavy (non-hydrogen) atoms. The Labute approximate surface area is 173 Å². The summed E-state index contributed by atoms with van der Waals surface area (Å²) < 4.78 is 5.07. The van der Waals surface area contributed by atoms with Gasteiger partial charge in [-0.3, -0.25) is 9.59 Å². The second-order valence-electron chi connectivity index (χ2n) is 7.05. The number of carbonyl (C=O) groups excluding carboxylic acids is 1. The Kier molecular flexibility index (Phi) is 6.49. The summed E-state index contributed by atoms with van der Waals surface area (Å²) in [6, 6.07) is 4.92. The van der Waals surface area contributed by atoms with E-state index in [0.29, 0.717) is 29.5 Å². The van der Waals surface area contributed by atoms with Crippen LogP contribution in [0.3, 0.4) is 0 Å². The first kappa shape index (κ1) is 20.8. The van der Waals surface area contributed by atoms with Crippen molar-refractivity contribution in [1.82, 2.24) is 20.3 Å². The van der Waals surface area contributed by atoms with Gasteiger partial charge in [-0.25, -0.2) is 9.97 Å². The highest BCUT2D eigenvalue weighted by atomic mass is 35.5. The lowest BCUT2D eigenvalue weighted by atomic mass is 9.94. The highest BCUT2D eigenvalue weighted by Gasteiger charge is 2.24. The second-order valence-corrected chi connectivity index (χ2v) is 7.55. The van der Waals surface area contributed by atoms with Crippen molar-refractivity contribution >= 4 is 17.5 Å². The Morgan fingerprint density at radius 2 is 2.17 bits per heavy atom. The molecule has 0 aliphatic heterocycles. The summed E-state index contributed by atoms with van der Waals surface area (Å²) in [5, 5.41) is 2.52. The van der Waals surface area contributed by atoms with Crippen LogP contribution in [0.4, 0.5) is 0 Å². The van der Waals surface area contributed by atoms with Crippen molar-refractivity contribution in [2.24, 2.45) is 5.92 Å². The molecule has 2 N–H and O–H groups in total. The molecule has 0 saturated carbocycles. The molecule has 8 heteroatoms. The van der Waals surface area contributed by atoms with Gasteiger partial charge in [-0.1, -0.05) is 32.1 Å². The lowest BCUT2D eigenvalue weighted by Gasteiger charge is -2.21. The SMILES string of the molecule is COc1ccc(-c2cc(=O)[nH]c(C3C=C(CNC(=O)C(C)C)C=CC3Cl)n2)cn1. The molecule has 1 amide bonds. The minimum Gasteiger partial charge on any atom is -0.481 e. The van der Waals surface area contributed by atoms with Gasteiger partial charge in [-0.15, -0.1) is 11.6 Å². The zero-order valence-corrected chi connectivity index (χ0v) is 17.2. The van der Waals surface area contributed by atoms with E-state index in [-0.39, 0.29) is 28.7 Å². The van der Waals surface area contributed by atoms with Crippen LogP contribution in [0, 0.1) is 5.92 Å². The van der Waals surface area contributed by atoms with Crippen LogP contribution in [0.5, 0.6) is 5.88 Å². The van der Waals surface area contributed by atoms with Crippen LogP contribution in [0.25, 0.3) is 11.3 Å². The molecule has 2 heterocycles. The maximum absolute atomic E-state index is 12.2. The van der Waals surface area contributed by atoms with Crippen LogP contribution in [0.15, 0.2) is 53.0 Å². The number of hydrogen-bond donors (Lipinski definition) is 2. The van der Waals surface area contributed by atoms with Crippen molar-refractivity contribution < 1.29 is 9.53 Å². The number of carbonyl (C=O) groups is 1. The number of H-pyrrole nitrogens is 1. The van der Waals surface area contributed by atoms with Crippen LogP contribution in [-0.4, -0.2) is 39.9 Å². The van der Waals surface area contributed by atoms with Crippen LogP contribution >= 0.6 is 11.6 Å². The number of halogens is 1. The van der Waals surface area contributed by atoms with Gasteiger partial charge in [-0.05, 0) is 11.6 Å². The first-order chi connectivity index (χ1) is 13.9. The van der Waals surface area contributed by atoms with Gasteiger partial charge in [-0.2, -0.15) is 0 Å². The molecule has 1 aliphatic rings. The van der Waals surface area contributed by atoms with Gasteiger partial charge in [0, 0.05) is 36.4 Å². The van der Waals surface area contributed by atoms with Gasteiger partial charge in [0.15, 0.2) is 0 Å². The van der Waals surface area contributed by atoms with Gasteiger partial charge >= 0.3 is 0 Å². The monoisotopic (exact) mass is 414 g/mol. The molecule has 152 valence electrons. The third-order valence-electron chi connectivity index (χ3n) is 4.54. The minimum absolute atomic E-state index is 0.0237. The van der Waals surface area contributed by atoms with Crippen molar-refractivity contribution in [2.75, 3.05) is 13.7 Å². The van der Waals surface area contributed by atoms with Crippen molar-refractivity contribution in [3.8, 4) is 17.1 Å². The van der Waals surface area contributed by atoms with Gasteiger partial charge in [0.25, 0.3) is 5.56 Å². The second kappa shape index (κ2) is 9.05. The number of amides is 1. The number of methoxy groups -OCH3 is 1. The molecule has 3 rings (SSSR count). The topological polar surface area (TPSA) is 97.0 Å². The van der Waals surface area contributed by atoms with E-state index in [9.17, 15) is 9.59 Å². The molecule has 0 bridgehead atoms. The number of nitrogens with zero attached hydrogens (tertiary/aromatic N) is 2. The van der Waals surface area contributed by atoms with E-state index >= 15 is 0 Å². The van der Waals surface area contributed by atoms with Gasteiger partial charge in [0.2, 0.25) is 11.8 Å². The molecular formula is C21H23ClN4O3. The van der Waals surface area contributed by atoms with Crippen molar-refractivity contribution in [2.45, 2.75) is 25.1 Å². The van der Waals surface area contributed by atoms with E-state index in [1.54, 1.807) is 18.3 Å². The molecule has 1 aliphatic carbocycles. The average molecular weight is 415 g/mol. The van der Waals surface area contributed by atoms with E-state index in [1.165, 1.54) is 13.2 Å². The fourth-order valence-electron chi connectivity index (χ4n) is 2.89. The third-order valence-corrected chi connectivity index (χ3v) is 4.96. The van der Waals surface area contributed by atoms with Crippen molar-refractivity contribution in [1.29, 1.82) is 0 Å². The molecule has 0 saturated heterocycles. The van der Waals surface area contributed by atoms with Crippen LogP contribution in [0.1, 0.15) is 25.6 Å². The Hall–Kier alpha value is -2.93. The number of alkyl halides is 1. The van der Waals surface area contributed by atoms with E-state index in [2.05, 4.69) is 20.3 Å². The van der Waals surface area contributed by atoms with Gasteiger partial charge in [0.1, 0.15) is 5.82 Å². The normalized spacial score (nSPS) is 18.4. The number of rotatable bonds is 6. The maximum Gasteiger partial charge on any atom is 0.251 e. The molecule has 2 atom stereocenters. The summed E-state index contributed by atoms with van der Waals surface area (Å²) in [5.41, 5.74) is 1.83. The standard InChI is InChI=1S/C21H23ClN4O3/c1-12(2)21(28)24-10-13-4-6-16(22)15(8-13)20-25-17(9-18(27)26-20)14-5-7-19(29-3)23-11-14/h4-9,11-12,15-16H,10H2,1-3H3,(H,24,28)(H,25,26,27). The zero-order valence-electron chi connectivity index (χ0n) is 16.5. The molecule has 2 aromatic rings. The Bertz CT molecular complexity index is 996. The van der Waals surface area contributed by atoms with Gasteiger partial charge in [0.05, 0.1) is 24.1 Å². The van der Waals surface area contributed by atoms with Crippen molar-refractivity contribution in [3.63, 3.8) is 0 Å². The summed E-state index contributed by atoms with van der Waals surface area (Å²) in [6.07, 6.45) is 7.24. The number of hydrogen-bond acceptors (Lipinski definition) is 5. The number of ether oxygens (including phenoxy) is 1. The molecule has 0 radical (unpaired) electrons. The first-order valence-corrected chi connectivity index (χ1v) is 9.73. The predicted octanol–water partition coefficient (Wildman–Crippen LogP) is 2.80. The smallest absolute Gasteiger partial charge is 0.251 e. The summed E-state index contributed by atoms with van der Waals surface area (Å²) in [5.74, 6) is 0.497. The summed E-state index contributed by atoms with van der Waals surface area (Å²) in [6.45, 7) is 4.07. The average Bonchev–Trinajstić information content (AvgIpc) is 2.72. The highest BCUT2D eigenvalue weighted by Crippen LogP contribution is 2.29. The molecule has 0 spiro atoms. The summed E-state index contributed by atoms with van der Waals surface area (Å²) in [4.78, 5) is 35.6. The van der Waals surface area contributed by atoms with E-state index in [4.69, 9.17) is 16.3 Å². The van der Waals surface area contributed by atoms with Gasteiger partial charge < -0.3 is 15.0 Å². The Morgan fingerprint density at radius 3 is 2.83 bits per heavy atom. The fourth-order valence-corrected chi connectivity index (χ4v) is 3.15. The quantitative estimate of drug-likeness (QED) is 0.708. The van der Waals surface area contributed by atoms with Crippen molar-refractivity contribution in [3.05, 3.63) is 64.4 Å². The zero-order chi connectivity index (χ0) is 21.0. The predicted molar refractivity (Wildman–Crippen MR) is 112 cm³/mol. The molecular weight excluding hydrogens is 392 g/mol. The number of allylic oxidation sites excluding steroid dienone is 2. The summed E-state index contributed by atoms with van der Waals surface area (Å²) >= 11 is 6.48. The molecule has 0 aromatic carbocycles. The van der Waals surface area contributed by atoms with E-state index < -0.39 is 0 Å². The highest BCUT2D eigenvalue weighted by molar-refractivity contribution is 6.22. The Morgan fingerprint density at radius 1 is 1.38 bits per heavy atom. The van der Waals surface area contributed by atoms with Crippen LogP contribution in [0.2, 0.25) is 0 Å². The largest absolute Gasteiger partial charge is 0.481 e. The number of aromatic amines is 1. The van der Waals surface area contributed by atoms with Crippen LogP contribution < -0.4 is 15.6 Å². The molecule has 2 aromatic heterocycles.